The second-order valence-electron chi connectivity index (χ2n) is 19.4. The molecule has 350 valence electrons. The Bertz CT molecular complexity index is 2540. The third-order valence-corrected chi connectivity index (χ3v) is 12.9. The molecule has 3 aliphatic rings. The molecular formula is C51H64N8O7. The Morgan fingerprint density at radius 3 is 2.50 bits per heavy atom. The molecule has 0 radical (unpaired) electrons. The Morgan fingerprint density at radius 1 is 1.03 bits per heavy atom. The van der Waals surface area contributed by atoms with Crippen molar-refractivity contribution >= 4 is 40.5 Å². The summed E-state index contributed by atoms with van der Waals surface area (Å²) in [6, 6.07) is 15.4. The SMILES string of the molecule is CCn1c(-c2cccnc2)c2c3cc(ccc31)-c1cccc(c1)C[C@H](NC(=O)[C@H](C(C)C)N(C)C(=O)[C@@]1(O)CCN(C(=O)C#CCN(C)C)C1)C(=O)N1CCC[C@H](N1)C(=O)OCC(C)(C)C2. The van der Waals surface area contributed by atoms with E-state index in [2.05, 4.69) is 77.2 Å². The number of benzene rings is 2. The molecule has 4 amide bonds. The van der Waals surface area contributed by atoms with E-state index in [4.69, 9.17) is 4.74 Å². The molecule has 66 heavy (non-hydrogen) atoms. The number of ether oxygens (including phenoxy) is 1. The third kappa shape index (κ3) is 10.3. The number of aryl methyl sites for hydroxylation is 1. The lowest BCUT2D eigenvalue weighted by Crippen LogP contribution is -2.63. The first-order chi connectivity index (χ1) is 31.4. The van der Waals surface area contributed by atoms with Crippen molar-refractivity contribution in [2.75, 3.05) is 53.9 Å². The number of esters is 1. The molecule has 4 atom stereocenters. The van der Waals surface area contributed by atoms with Gasteiger partial charge >= 0.3 is 5.97 Å². The maximum Gasteiger partial charge on any atom is 0.324 e. The molecule has 7 rings (SSSR count). The van der Waals surface area contributed by atoms with Gasteiger partial charge in [-0.2, -0.15) is 0 Å². The van der Waals surface area contributed by atoms with Gasteiger partial charge in [0.1, 0.15) is 18.1 Å². The van der Waals surface area contributed by atoms with Crippen molar-refractivity contribution in [3.05, 3.63) is 78.1 Å². The van der Waals surface area contributed by atoms with Crippen LogP contribution in [0.5, 0.6) is 0 Å². The van der Waals surface area contributed by atoms with Gasteiger partial charge in [0, 0.05) is 73.8 Å². The number of nitrogens with zero attached hydrogens (tertiary/aromatic N) is 6. The Hall–Kier alpha value is -6.08. The number of β-amino-alcohol motifs (C(OH)–C–C–N with tert-alkyl or cyclic N) is 1. The summed E-state index contributed by atoms with van der Waals surface area (Å²) in [5.74, 6) is 2.25. The average Bonchev–Trinajstić information content (AvgIpc) is 3.85. The van der Waals surface area contributed by atoms with Crippen LogP contribution in [0, 0.1) is 23.2 Å². The molecule has 2 saturated heterocycles. The van der Waals surface area contributed by atoms with Crippen LogP contribution in [-0.4, -0.2) is 142 Å². The van der Waals surface area contributed by atoms with E-state index in [1.807, 2.05) is 55.5 Å². The highest BCUT2D eigenvalue weighted by Crippen LogP contribution is 2.40. The summed E-state index contributed by atoms with van der Waals surface area (Å²) < 4.78 is 8.38. The summed E-state index contributed by atoms with van der Waals surface area (Å²) in [7, 11) is 5.13. The number of hydrogen-bond acceptors (Lipinski definition) is 10. The maximum atomic E-state index is 14.7. The van der Waals surface area contributed by atoms with Gasteiger partial charge in [0.15, 0.2) is 5.60 Å². The lowest BCUT2D eigenvalue weighted by atomic mass is 9.84. The molecule has 3 aliphatic heterocycles. The van der Waals surface area contributed by atoms with Crippen molar-refractivity contribution in [1.82, 2.24) is 40.0 Å². The molecule has 15 nitrogen and oxygen atoms in total. The first kappa shape index (κ1) is 47.9. The Labute approximate surface area is 387 Å². The number of pyridine rings is 1. The van der Waals surface area contributed by atoms with Crippen molar-refractivity contribution in [2.45, 2.75) is 97.0 Å². The second kappa shape index (κ2) is 19.8. The molecule has 4 aromatic rings. The van der Waals surface area contributed by atoms with Crippen molar-refractivity contribution in [3.63, 3.8) is 0 Å². The van der Waals surface area contributed by atoms with Crippen LogP contribution in [0.1, 0.15) is 65.0 Å². The van der Waals surface area contributed by atoms with Crippen molar-refractivity contribution in [2.24, 2.45) is 11.3 Å². The molecule has 2 aromatic carbocycles. The fourth-order valence-electron chi connectivity index (χ4n) is 9.59. The number of amides is 4. The van der Waals surface area contributed by atoms with E-state index in [9.17, 15) is 29.1 Å². The van der Waals surface area contributed by atoms with Crippen molar-refractivity contribution in [3.8, 4) is 34.2 Å². The summed E-state index contributed by atoms with van der Waals surface area (Å²) in [6.45, 7) is 11.3. The summed E-state index contributed by atoms with van der Waals surface area (Å²) >= 11 is 0. The zero-order chi connectivity index (χ0) is 47.5. The number of likely N-dealkylation sites (N-methyl/N-ethyl adjacent to an activating group) is 1. The maximum absolute atomic E-state index is 14.7. The average molecular weight is 901 g/mol. The normalized spacial score (nSPS) is 21.5. The molecule has 2 aromatic heterocycles. The van der Waals surface area contributed by atoms with E-state index in [0.717, 1.165) is 51.0 Å². The zero-order valence-electron chi connectivity index (χ0n) is 39.5. The van der Waals surface area contributed by atoms with E-state index < -0.39 is 64.7 Å². The largest absolute Gasteiger partial charge is 0.464 e. The van der Waals surface area contributed by atoms with E-state index in [1.54, 1.807) is 20.0 Å². The van der Waals surface area contributed by atoms with Gasteiger partial charge in [0.2, 0.25) is 5.91 Å². The van der Waals surface area contributed by atoms with Gasteiger partial charge in [-0.15, -0.1) is 0 Å². The summed E-state index contributed by atoms with van der Waals surface area (Å²) in [5, 5.41) is 17.1. The van der Waals surface area contributed by atoms with E-state index >= 15 is 0 Å². The highest BCUT2D eigenvalue weighted by atomic mass is 16.5. The Morgan fingerprint density at radius 2 is 1.79 bits per heavy atom. The minimum atomic E-state index is -1.93. The summed E-state index contributed by atoms with van der Waals surface area (Å²) in [6.07, 6.45) is 5.33. The number of cyclic esters (lactones) is 1. The van der Waals surface area contributed by atoms with Crippen LogP contribution < -0.4 is 10.7 Å². The smallest absolute Gasteiger partial charge is 0.324 e. The molecule has 6 bridgehead atoms. The van der Waals surface area contributed by atoms with Gasteiger partial charge in [-0.25, -0.2) is 5.43 Å². The van der Waals surface area contributed by atoms with Crippen molar-refractivity contribution < 1.29 is 33.8 Å². The van der Waals surface area contributed by atoms with Gasteiger partial charge in [-0.05, 0) is 98.6 Å². The van der Waals surface area contributed by atoms with Crippen LogP contribution in [0.3, 0.4) is 0 Å². The Kier molecular flexibility index (Phi) is 14.4. The number of hydrogen-bond donors (Lipinski definition) is 3. The quantitative estimate of drug-likeness (QED) is 0.173. The molecule has 3 N–H and O–H groups in total. The summed E-state index contributed by atoms with van der Waals surface area (Å²) in [5.41, 5.74) is 7.69. The first-order valence-electron chi connectivity index (χ1n) is 23.0. The van der Waals surface area contributed by atoms with Gasteiger partial charge in [-0.3, -0.25) is 38.9 Å². The number of aromatic nitrogens is 2. The molecule has 15 heteroatoms. The van der Waals surface area contributed by atoms with Crippen LogP contribution in [0.4, 0.5) is 0 Å². The highest BCUT2D eigenvalue weighted by Gasteiger charge is 2.48. The van der Waals surface area contributed by atoms with E-state index in [1.165, 1.54) is 21.9 Å². The molecule has 0 saturated carbocycles. The minimum absolute atomic E-state index is 0.0206. The topological polar surface area (TPSA) is 170 Å². The first-order valence-corrected chi connectivity index (χ1v) is 23.0. The number of likely N-dealkylation sites (tertiary alicyclic amines) is 1. The monoisotopic (exact) mass is 900 g/mol. The number of aliphatic hydroxyl groups is 1. The fraction of sp³-hybridized carbons (Fsp3) is 0.490. The number of fused-ring (bicyclic) bond motifs is 6. The van der Waals surface area contributed by atoms with Gasteiger partial charge in [0.05, 0.1) is 25.4 Å². The molecule has 0 unspecified atom stereocenters. The standard InChI is InChI=1S/C51H64N8O7/c1-9-58-42-20-19-36-28-38(42)39(45(58)37-16-11-22-52-30-37)29-50(4,5)32-66-48(63)40-17-12-24-59(54-40)47(62)41(27-34-14-10-15-35(36)26-34)53-46(61)44(33(2)3)56(8)49(64)51(65)21-25-57(31-51)43(60)18-13-23-55(6)7/h10-11,14-16,19-20,22,26,28,30,33,40-41,44,54,65H,9,12,17,21,23-25,27,29,31-32H2,1-8H3,(H,53,61)/t40-,41-,44-,51+/m0/s1. The van der Waals surface area contributed by atoms with Crippen LogP contribution in [-0.2, 0) is 48.1 Å². The van der Waals surface area contributed by atoms with E-state index in [-0.39, 0.29) is 32.5 Å². The predicted octanol–water partition coefficient (Wildman–Crippen LogP) is 4.05. The summed E-state index contributed by atoms with van der Waals surface area (Å²) in [4.78, 5) is 78.9. The van der Waals surface area contributed by atoms with Gasteiger partial charge in [-0.1, -0.05) is 63.9 Å². The van der Waals surface area contributed by atoms with Gasteiger partial charge in [0.25, 0.3) is 17.7 Å². The number of carbonyl (C=O) groups is 5. The minimum Gasteiger partial charge on any atom is -0.464 e. The van der Waals surface area contributed by atoms with E-state index in [0.29, 0.717) is 32.4 Å². The van der Waals surface area contributed by atoms with Crippen LogP contribution in [0.2, 0.25) is 0 Å². The highest BCUT2D eigenvalue weighted by molar-refractivity contribution is 5.98. The molecular weight excluding hydrogens is 837 g/mol. The van der Waals surface area contributed by atoms with Crippen LogP contribution in [0.15, 0.2) is 67.0 Å². The second-order valence-corrected chi connectivity index (χ2v) is 19.4. The van der Waals surface area contributed by atoms with Gasteiger partial charge < -0.3 is 29.5 Å². The fourth-order valence-corrected chi connectivity index (χ4v) is 9.59. The number of hydrazine groups is 1. The lowest BCUT2D eigenvalue weighted by molar-refractivity contribution is -0.156. The predicted molar refractivity (Wildman–Crippen MR) is 252 cm³/mol. The van der Waals surface area contributed by atoms with Crippen LogP contribution in [0.25, 0.3) is 33.3 Å². The number of nitrogens with one attached hydrogen (secondary N) is 2. The molecule has 2 fully saturated rings. The van der Waals surface area contributed by atoms with Crippen molar-refractivity contribution in [1.29, 1.82) is 0 Å². The molecule has 0 aliphatic carbocycles. The zero-order valence-corrected chi connectivity index (χ0v) is 39.5. The van der Waals surface area contributed by atoms with Crippen LogP contribution >= 0.6 is 0 Å². The number of carbonyl (C=O) groups excluding carboxylic acids is 5. The number of rotatable bonds is 8. The third-order valence-electron chi connectivity index (χ3n) is 12.9. The lowest BCUT2D eigenvalue weighted by Gasteiger charge is -2.37. The molecule has 0 spiro atoms. The Balaban J connectivity index is 1.22. The molecule has 5 heterocycles.